The molecule has 2 aromatic carbocycles. The molecule has 6 nitrogen and oxygen atoms in total. The number of hydrogen-bond acceptors (Lipinski definition) is 5. The van der Waals surface area contributed by atoms with Gasteiger partial charge in [0.1, 0.15) is 5.25 Å². The average Bonchev–Trinajstić information content (AvgIpc) is 3.20. The molecule has 0 fully saturated rings. The summed E-state index contributed by atoms with van der Waals surface area (Å²) in [5.41, 5.74) is 3.04. The van der Waals surface area contributed by atoms with Crippen LogP contribution in [0.4, 0.5) is 0 Å². The van der Waals surface area contributed by atoms with Crippen LogP contribution in [0.25, 0.3) is 16.7 Å². The lowest BCUT2D eigenvalue weighted by Gasteiger charge is -2.12. The quantitative estimate of drug-likeness (QED) is 0.297. The Balaban J connectivity index is 1.75. The summed E-state index contributed by atoms with van der Waals surface area (Å²) in [7, 11) is 0. The first-order valence-corrected chi connectivity index (χ1v) is 11.5. The zero-order valence-corrected chi connectivity index (χ0v) is 18.6. The number of hydrogen-bond donors (Lipinski definition) is 0. The topological polar surface area (TPSA) is 76.0 Å². The van der Waals surface area contributed by atoms with E-state index in [4.69, 9.17) is 0 Å². The van der Waals surface area contributed by atoms with E-state index in [1.807, 2.05) is 35.6 Å². The standard InChI is InChI=1S/C24H25N5OS/c1-3-4-7-14-28-22(30)20-8-5-6-9-21(20)29-23(28)26-27-24(29)31-19(16-25)15-18-12-10-17(2)11-13-18/h5-6,8-13,19H,3-4,7,14-15H2,1-2H3. The van der Waals surface area contributed by atoms with Crippen LogP contribution in [0, 0.1) is 18.3 Å². The summed E-state index contributed by atoms with van der Waals surface area (Å²) in [4.78, 5) is 13.1. The fourth-order valence-corrected chi connectivity index (χ4v) is 4.67. The maximum absolute atomic E-state index is 13.1. The van der Waals surface area contributed by atoms with E-state index in [9.17, 15) is 10.1 Å². The second-order valence-corrected chi connectivity index (χ2v) is 8.89. The number of aromatic nitrogens is 4. The predicted molar refractivity (Wildman–Crippen MR) is 124 cm³/mol. The van der Waals surface area contributed by atoms with Crippen LogP contribution in [-0.2, 0) is 13.0 Å². The minimum Gasteiger partial charge on any atom is -0.276 e. The van der Waals surface area contributed by atoms with Gasteiger partial charge in [-0.15, -0.1) is 10.2 Å². The van der Waals surface area contributed by atoms with E-state index in [0.717, 1.165) is 30.3 Å². The molecular formula is C24H25N5OS. The number of unbranched alkanes of at least 4 members (excludes halogenated alkanes) is 2. The highest BCUT2D eigenvalue weighted by atomic mass is 32.2. The summed E-state index contributed by atoms with van der Waals surface area (Å²) in [6.07, 6.45) is 3.65. The molecule has 0 aliphatic carbocycles. The van der Waals surface area contributed by atoms with Gasteiger partial charge < -0.3 is 0 Å². The van der Waals surface area contributed by atoms with Crippen molar-refractivity contribution in [1.82, 2.24) is 19.2 Å². The van der Waals surface area contributed by atoms with Crippen molar-refractivity contribution in [2.45, 2.75) is 56.5 Å². The molecule has 0 saturated heterocycles. The molecule has 0 saturated carbocycles. The van der Waals surface area contributed by atoms with E-state index < -0.39 is 0 Å². The van der Waals surface area contributed by atoms with E-state index in [1.165, 1.54) is 17.3 Å². The van der Waals surface area contributed by atoms with Crippen LogP contribution in [0.1, 0.15) is 37.3 Å². The van der Waals surface area contributed by atoms with Gasteiger partial charge >= 0.3 is 0 Å². The van der Waals surface area contributed by atoms with Gasteiger partial charge in [-0.3, -0.25) is 13.8 Å². The van der Waals surface area contributed by atoms with E-state index in [0.29, 0.717) is 29.3 Å². The number of nitrogens with zero attached hydrogens (tertiary/aromatic N) is 5. The number of thioether (sulfide) groups is 1. The van der Waals surface area contributed by atoms with Crippen molar-refractivity contribution in [2.24, 2.45) is 0 Å². The number of nitriles is 1. The fraction of sp³-hybridized carbons (Fsp3) is 0.333. The van der Waals surface area contributed by atoms with Crippen molar-refractivity contribution in [3.8, 4) is 6.07 Å². The Kier molecular flexibility index (Phi) is 6.38. The molecule has 2 heterocycles. The Morgan fingerprint density at radius 2 is 1.87 bits per heavy atom. The minimum absolute atomic E-state index is 0.0420. The maximum atomic E-state index is 13.1. The lowest BCUT2D eigenvalue weighted by Crippen LogP contribution is -2.23. The molecule has 0 aliphatic heterocycles. The van der Waals surface area contributed by atoms with Crippen molar-refractivity contribution in [3.05, 3.63) is 70.0 Å². The SMILES string of the molecule is CCCCCn1c(=O)c2ccccc2n2c(SC(C#N)Cc3ccc(C)cc3)nnc12. The van der Waals surface area contributed by atoms with Gasteiger partial charge in [0.25, 0.3) is 5.56 Å². The maximum Gasteiger partial charge on any atom is 0.262 e. The summed E-state index contributed by atoms with van der Waals surface area (Å²) in [6.45, 7) is 4.79. The van der Waals surface area contributed by atoms with Gasteiger partial charge in [-0.05, 0) is 37.5 Å². The Morgan fingerprint density at radius 3 is 2.61 bits per heavy atom. The zero-order valence-electron chi connectivity index (χ0n) is 17.8. The summed E-state index contributed by atoms with van der Waals surface area (Å²) in [5, 5.41) is 19.5. The summed E-state index contributed by atoms with van der Waals surface area (Å²) < 4.78 is 3.64. The van der Waals surface area contributed by atoms with Gasteiger partial charge in [0.05, 0.1) is 17.0 Å². The van der Waals surface area contributed by atoms with Crippen LogP contribution in [-0.4, -0.2) is 24.4 Å². The molecule has 4 aromatic rings. The van der Waals surface area contributed by atoms with Crippen LogP contribution >= 0.6 is 11.8 Å². The number of rotatable bonds is 8. The Labute approximate surface area is 185 Å². The largest absolute Gasteiger partial charge is 0.276 e. The third-order valence-electron chi connectivity index (χ3n) is 5.40. The zero-order chi connectivity index (χ0) is 21.8. The van der Waals surface area contributed by atoms with Crippen molar-refractivity contribution >= 4 is 28.4 Å². The molecule has 1 unspecified atom stereocenters. The molecule has 0 spiro atoms. The van der Waals surface area contributed by atoms with E-state index in [-0.39, 0.29) is 10.8 Å². The number of para-hydroxylation sites is 1. The normalized spacial score (nSPS) is 12.3. The van der Waals surface area contributed by atoms with Crippen molar-refractivity contribution < 1.29 is 0 Å². The molecule has 2 aromatic heterocycles. The van der Waals surface area contributed by atoms with Crippen LogP contribution < -0.4 is 5.56 Å². The molecular weight excluding hydrogens is 406 g/mol. The molecule has 0 bridgehead atoms. The van der Waals surface area contributed by atoms with Crippen molar-refractivity contribution in [1.29, 1.82) is 5.26 Å². The summed E-state index contributed by atoms with van der Waals surface area (Å²) in [5.74, 6) is 0.536. The first-order chi connectivity index (χ1) is 15.1. The molecule has 1 atom stereocenters. The molecule has 0 N–H and O–H groups in total. The van der Waals surface area contributed by atoms with E-state index in [1.54, 1.807) is 4.57 Å². The van der Waals surface area contributed by atoms with Gasteiger partial charge in [0, 0.05) is 6.54 Å². The van der Waals surface area contributed by atoms with Gasteiger partial charge in [0.2, 0.25) is 5.78 Å². The van der Waals surface area contributed by atoms with Crippen molar-refractivity contribution in [3.63, 3.8) is 0 Å². The van der Waals surface area contributed by atoms with E-state index >= 15 is 0 Å². The van der Waals surface area contributed by atoms with Gasteiger partial charge in [0.15, 0.2) is 5.16 Å². The highest BCUT2D eigenvalue weighted by Gasteiger charge is 2.20. The van der Waals surface area contributed by atoms with Crippen LogP contribution in [0.3, 0.4) is 0 Å². The molecule has 0 amide bonds. The Morgan fingerprint density at radius 1 is 1.10 bits per heavy atom. The summed E-state index contributed by atoms with van der Waals surface area (Å²) in [6, 6.07) is 18.2. The smallest absolute Gasteiger partial charge is 0.262 e. The molecule has 0 aliphatic rings. The van der Waals surface area contributed by atoms with Crippen molar-refractivity contribution in [2.75, 3.05) is 0 Å². The number of benzene rings is 2. The molecule has 7 heteroatoms. The molecule has 0 radical (unpaired) electrons. The second kappa shape index (κ2) is 9.36. The highest BCUT2D eigenvalue weighted by molar-refractivity contribution is 8.00. The first-order valence-electron chi connectivity index (χ1n) is 10.6. The average molecular weight is 432 g/mol. The Bertz CT molecular complexity index is 1300. The van der Waals surface area contributed by atoms with Gasteiger partial charge in [-0.1, -0.05) is 73.5 Å². The molecule has 31 heavy (non-hydrogen) atoms. The highest BCUT2D eigenvalue weighted by Crippen LogP contribution is 2.27. The predicted octanol–water partition coefficient (Wildman–Crippen LogP) is 4.77. The van der Waals surface area contributed by atoms with Gasteiger partial charge in [-0.25, -0.2) is 0 Å². The first kappa shape index (κ1) is 21.1. The molecule has 4 rings (SSSR count). The van der Waals surface area contributed by atoms with Crippen LogP contribution in [0.5, 0.6) is 0 Å². The van der Waals surface area contributed by atoms with Crippen LogP contribution in [0.15, 0.2) is 58.5 Å². The second-order valence-electron chi connectivity index (χ2n) is 7.72. The third kappa shape index (κ3) is 4.35. The van der Waals surface area contributed by atoms with E-state index in [2.05, 4.69) is 47.5 Å². The third-order valence-corrected chi connectivity index (χ3v) is 6.43. The lowest BCUT2D eigenvalue weighted by atomic mass is 10.1. The van der Waals surface area contributed by atoms with Gasteiger partial charge in [-0.2, -0.15) is 5.26 Å². The Hall–Kier alpha value is -3.11. The number of fused-ring (bicyclic) bond motifs is 3. The summed E-state index contributed by atoms with van der Waals surface area (Å²) >= 11 is 1.39. The van der Waals surface area contributed by atoms with Crippen LogP contribution in [0.2, 0.25) is 0 Å². The monoisotopic (exact) mass is 431 g/mol. The fourth-order valence-electron chi connectivity index (χ4n) is 3.71. The molecule has 158 valence electrons. The minimum atomic E-state index is -0.311. The lowest BCUT2D eigenvalue weighted by molar-refractivity contribution is 0.594. The number of aryl methyl sites for hydroxylation is 2.